The second-order valence-corrected chi connectivity index (χ2v) is 8.42. The van der Waals surface area contributed by atoms with Gasteiger partial charge in [-0.05, 0) is 29.6 Å². The maximum Gasteiger partial charge on any atom is 0.106 e. The van der Waals surface area contributed by atoms with Crippen LogP contribution in [0, 0.1) is 29.6 Å². The first-order chi connectivity index (χ1) is 10.1. The summed E-state index contributed by atoms with van der Waals surface area (Å²) in [5, 5.41) is 10.9. The Balaban J connectivity index is 4.82. The molecule has 0 aromatic heterocycles. The van der Waals surface area contributed by atoms with E-state index in [4.69, 9.17) is 0 Å². The van der Waals surface area contributed by atoms with Gasteiger partial charge in [-0.25, -0.2) is 0 Å². The van der Waals surface area contributed by atoms with Crippen LogP contribution in [0.2, 0.25) is 17.5 Å². The molecule has 1 N–H and O–H groups in total. The summed E-state index contributed by atoms with van der Waals surface area (Å²) in [5.74, 6) is 4.70. The molecule has 0 heterocycles. The highest BCUT2D eigenvalue weighted by Crippen LogP contribution is 2.40. The molecule has 0 aromatic rings. The molecule has 22 heavy (non-hydrogen) atoms. The number of aliphatic hydroxyl groups excluding tert-OH is 1. The van der Waals surface area contributed by atoms with Gasteiger partial charge in [-0.3, -0.25) is 0 Å². The molecular weight excluding hydrogens is 265 g/mol. The first-order valence-electron chi connectivity index (χ1n) is 9.77. The summed E-state index contributed by atoms with van der Waals surface area (Å²) < 4.78 is 0. The molecular formula is C18H41B3O. The van der Waals surface area contributed by atoms with E-state index in [9.17, 15) is 5.11 Å². The summed E-state index contributed by atoms with van der Waals surface area (Å²) in [7, 11) is 7.02. The molecule has 0 amide bonds. The van der Waals surface area contributed by atoms with Gasteiger partial charge in [0.15, 0.2) is 0 Å². The van der Waals surface area contributed by atoms with Gasteiger partial charge in [0.25, 0.3) is 0 Å². The topological polar surface area (TPSA) is 20.2 Å². The fourth-order valence-corrected chi connectivity index (χ4v) is 3.84. The third-order valence-electron chi connectivity index (χ3n) is 7.48. The minimum atomic E-state index is -0.189. The molecule has 128 valence electrons. The molecule has 0 saturated carbocycles. The van der Waals surface area contributed by atoms with E-state index in [1.807, 2.05) is 0 Å². The summed E-state index contributed by atoms with van der Waals surface area (Å²) in [6.07, 6.45) is 2.26. The maximum absolute atomic E-state index is 10.9. The number of aliphatic hydroxyl groups is 1. The van der Waals surface area contributed by atoms with Crippen LogP contribution in [0.25, 0.3) is 0 Å². The van der Waals surface area contributed by atoms with Crippen LogP contribution in [0.4, 0.5) is 0 Å². The van der Waals surface area contributed by atoms with Gasteiger partial charge in [-0.2, -0.15) is 0 Å². The van der Waals surface area contributed by atoms with E-state index in [1.165, 1.54) is 12.8 Å². The van der Waals surface area contributed by atoms with Crippen molar-refractivity contribution in [1.29, 1.82) is 0 Å². The maximum atomic E-state index is 10.9. The van der Waals surface area contributed by atoms with Gasteiger partial charge in [0.05, 0.1) is 6.10 Å². The summed E-state index contributed by atoms with van der Waals surface area (Å²) >= 11 is 0. The molecule has 0 aliphatic heterocycles. The zero-order valence-corrected chi connectivity index (χ0v) is 17.1. The van der Waals surface area contributed by atoms with Crippen LogP contribution in [-0.4, -0.2) is 34.7 Å². The van der Waals surface area contributed by atoms with Crippen molar-refractivity contribution in [3.63, 3.8) is 0 Å². The Morgan fingerprint density at radius 1 is 0.682 bits per heavy atom. The first-order valence-corrected chi connectivity index (χ1v) is 9.77. The van der Waals surface area contributed by atoms with E-state index in [1.54, 1.807) is 0 Å². The summed E-state index contributed by atoms with van der Waals surface area (Å²) in [5.41, 5.74) is 0. The van der Waals surface area contributed by atoms with Gasteiger partial charge in [-0.15, -0.1) is 0 Å². The molecule has 0 radical (unpaired) electrons. The van der Waals surface area contributed by atoms with Crippen LogP contribution in [0.5, 0.6) is 0 Å². The van der Waals surface area contributed by atoms with E-state index in [0.717, 1.165) is 11.7 Å². The second kappa shape index (κ2) is 10.1. The highest BCUT2D eigenvalue weighted by Gasteiger charge is 2.34. The normalized spacial score (nSPS) is 24.5. The average Bonchev–Trinajstić information content (AvgIpc) is 2.55. The average molecular weight is 306 g/mol. The van der Waals surface area contributed by atoms with Gasteiger partial charge in [0.1, 0.15) is 23.5 Å². The zero-order chi connectivity index (χ0) is 17.6. The molecule has 0 spiro atoms. The Bertz CT molecular complexity index is 272. The lowest BCUT2D eigenvalue weighted by molar-refractivity contribution is 0.0424. The second-order valence-electron chi connectivity index (χ2n) is 8.42. The predicted octanol–water partition coefficient (Wildman–Crippen LogP) is 2.61. The predicted molar refractivity (Wildman–Crippen MR) is 109 cm³/mol. The molecule has 0 rings (SSSR count). The van der Waals surface area contributed by atoms with E-state index in [-0.39, 0.29) is 6.10 Å². The Kier molecular flexibility index (Phi) is 10.2. The number of rotatable bonds is 10. The zero-order valence-electron chi connectivity index (χ0n) is 17.1. The van der Waals surface area contributed by atoms with Gasteiger partial charge in [-0.1, -0.05) is 78.8 Å². The number of hydrogen-bond donors (Lipinski definition) is 1. The largest absolute Gasteiger partial charge is 0.393 e. The van der Waals surface area contributed by atoms with E-state index >= 15 is 0 Å². The van der Waals surface area contributed by atoms with E-state index in [0.29, 0.717) is 35.3 Å². The Morgan fingerprint density at radius 3 is 1.55 bits per heavy atom. The summed E-state index contributed by atoms with van der Waals surface area (Å²) in [6, 6.07) is 0. The monoisotopic (exact) mass is 306 g/mol. The fraction of sp³-hybridized carbons (Fsp3) is 1.00. The Labute approximate surface area is 143 Å². The Hall–Kier alpha value is 0.155. The summed E-state index contributed by atoms with van der Waals surface area (Å²) in [6.45, 7) is 16.1. The molecule has 9 unspecified atom stereocenters. The van der Waals surface area contributed by atoms with Crippen molar-refractivity contribution < 1.29 is 5.11 Å². The van der Waals surface area contributed by atoms with Crippen LogP contribution in [0.15, 0.2) is 0 Å². The standard InChI is InChI=1S/C18H41B3O/c1-8-10(3)16(20)13(6)18(22)14(7)17(21)12(5)11(4)15(19)9-2/h10-18,22H,8-9,19-21H2,1-7H3. The van der Waals surface area contributed by atoms with Gasteiger partial charge < -0.3 is 5.11 Å². The minimum absolute atomic E-state index is 0.189. The van der Waals surface area contributed by atoms with Gasteiger partial charge >= 0.3 is 0 Å². The smallest absolute Gasteiger partial charge is 0.106 e. The lowest BCUT2D eigenvalue weighted by Gasteiger charge is -2.39. The third-order valence-corrected chi connectivity index (χ3v) is 7.48. The van der Waals surface area contributed by atoms with Crippen LogP contribution in [0.1, 0.15) is 61.3 Å². The van der Waals surface area contributed by atoms with Crippen molar-refractivity contribution in [2.75, 3.05) is 0 Å². The molecule has 0 fully saturated rings. The molecule has 0 bridgehead atoms. The van der Waals surface area contributed by atoms with E-state index in [2.05, 4.69) is 72.0 Å². The summed E-state index contributed by atoms with van der Waals surface area (Å²) in [4.78, 5) is 0. The van der Waals surface area contributed by atoms with Crippen LogP contribution >= 0.6 is 0 Å². The highest BCUT2D eigenvalue weighted by molar-refractivity contribution is 6.13. The molecule has 9 atom stereocenters. The lowest BCUT2D eigenvalue weighted by atomic mass is 9.57. The quantitative estimate of drug-likeness (QED) is 0.615. The molecule has 0 aliphatic rings. The van der Waals surface area contributed by atoms with Crippen LogP contribution in [0.3, 0.4) is 0 Å². The minimum Gasteiger partial charge on any atom is -0.393 e. The van der Waals surface area contributed by atoms with Crippen molar-refractivity contribution in [3.8, 4) is 0 Å². The van der Waals surface area contributed by atoms with Crippen molar-refractivity contribution in [1.82, 2.24) is 0 Å². The van der Waals surface area contributed by atoms with Crippen molar-refractivity contribution in [2.24, 2.45) is 29.6 Å². The van der Waals surface area contributed by atoms with Crippen molar-refractivity contribution in [2.45, 2.75) is 84.9 Å². The fourth-order valence-electron chi connectivity index (χ4n) is 3.84. The van der Waals surface area contributed by atoms with Gasteiger partial charge in [0.2, 0.25) is 0 Å². The third kappa shape index (κ3) is 5.66. The molecule has 1 nitrogen and oxygen atoms in total. The van der Waals surface area contributed by atoms with Crippen LogP contribution in [-0.2, 0) is 0 Å². The Morgan fingerprint density at radius 2 is 1.14 bits per heavy atom. The molecule has 0 saturated heterocycles. The SMILES string of the molecule is BC(CC)C(C)C(C)C(B)C(C)C(O)C(C)C(B)C(C)CC. The molecule has 4 heteroatoms. The van der Waals surface area contributed by atoms with E-state index < -0.39 is 0 Å². The first kappa shape index (κ1) is 22.2. The highest BCUT2D eigenvalue weighted by atomic mass is 16.3. The van der Waals surface area contributed by atoms with Gasteiger partial charge in [0, 0.05) is 0 Å². The van der Waals surface area contributed by atoms with Crippen molar-refractivity contribution in [3.05, 3.63) is 0 Å². The molecule has 0 aromatic carbocycles. The van der Waals surface area contributed by atoms with Crippen molar-refractivity contribution >= 4 is 23.5 Å². The molecule has 0 aliphatic carbocycles. The lowest BCUT2D eigenvalue weighted by Crippen LogP contribution is -2.36. The van der Waals surface area contributed by atoms with Crippen LogP contribution < -0.4 is 0 Å². The number of hydrogen-bond acceptors (Lipinski definition) is 1.